The van der Waals surface area contributed by atoms with E-state index < -0.39 is 11.7 Å². The fourth-order valence-electron chi connectivity index (χ4n) is 2.13. The lowest BCUT2D eigenvalue weighted by Crippen LogP contribution is -2.39. The topological polar surface area (TPSA) is 61.8 Å². The molecule has 0 fully saturated rings. The summed E-state index contributed by atoms with van der Waals surface area (Å²) in [4.78, 5) is 10.5. The van der Waals surface area contributed by atoms with Crippen LogP contribution in [0, 0.1) is 0 Å². The van der Waals surface area contributed by atoms with Crippen molar-refractivity contribution in [2.75, 3.05) is 39.2 Å². The maximum absolute atomic E-state index is 12.9. The molecule has 0 aliphatic rings. The Morgan fingerprint density at radius 3 is 2.63 bits per heavy atom. The number of aliphatic imine (C=N–C) groups is 1. The summed E-state index contributed by atoms with van der Waals surface area (Å²) in [7, 11) is 5.46. The average molecular weight is 401 g/mol. The van der Waals surface area contributed by atoms with E-state index in [2.05, 4.69) is 20.6 Å². The zero-order valence-electron chi connectivity index (χ0n) is 15.3. The summed E-state index contributed by atoms with van der Waals surface area (Å²) in [5, 5.41) is 8.96. The Hall–Kier alpha value is -2.49. The number of aromatic nitrogens is 1. The predicted octanol–water partition coefficient (Wildman–Crippen LogP) is 2.97. The van der Waals surface area contributed by atoms with Crippen LogP contribution >= 0.6 is 11.3 Å². The molecule has 0 saturated carbocycles. The third kappa shape index (κ3) is 6.31. The van der Waals surface area contributed by atoms with E-state index in [1.807, 2.05) is 24.4 Å². The number of nitrogens with zero attached hydrogens (tertiary/aromatic N) is 3. The Labute approximate surface area is 160 Å². The van der Waals surface area contributed by atoms with Gasteiger partial charge in [-0.25, -0.2) is 4.98 Å². The molecule has 10 heteroatoms. The zero-order valence-corrected chi connectivity index (χ0v) is 16.1. The molecule has 0 saturated heterocycles. The molecule has 0 amide bonds. The van der Waals surface area contributed by atoms with Gasteiger partial charge in [0.15, 0.2) is 11.1 Å². The summed E-state index contributed by atoms with van der Waals surface area (Å²) in [5.74, 6) is 0.329. The van der Waals surface area contributed by atoms with Gasteiger partial charge in [-0.1, -0.05) is 12.1 Å². The molecule has 2 N–H and O–H groups in total. The van der Waals surface area contributed by atoms with Gasteiger partial charge in [0.1, 0.15) is 12.4 Å². The van der Waals surface area contributed by atoms with Crippen molar-refractivity contribution in [3.05, 3.63) is 40.9 Å². The molecule has 0 unspecified atom stereocenters. The van der Waals surface area contributed by atoms with Gasteiger partial charge in [0.2, 0.25) is 0 Å². The minimum Gasteiger partial charge on any atom is -0.491 e. The van der Waals surface area contributed by atoms with E-state index >= 15 is 0 Å². The third-order valence-electron chi connectivity index (χ3n) is 3.43. The molecule has 148 valence electrons. The summed E-state index contributed by atoms with van der Waals surface area (Å²) >= 11 is 1.54. The van der Waals surface area contributed by atoms with Crippen LogP contribution in [0.25, 0.3) is 0 Å². The highest BCUT2D eigenvalue weighted by Gasteiger charge is 2.33. The van der Waals surface area contributed by atoms with Crippen LogP contribution in [0.5, 0.6) is 5.75 Å². The normalized spacial score (nSPS) is 12.0. The van der Waals surface area contributed by atoms with Crippen molar-refractivity contribution in [1.29, 1.82) is 0 Å². The molecule has 0 aliphatic heterocycles. The van der Waals surface area contributed by atoms with E-state index in [1.165, 1.54) is 18.2 Å². The Kier molecular flexibility index (Phi) is 7.28. The van der Waals surface area contributed by atoms with Gasteiger partial charge in [-0.3, -0.25) is 4.99 Å². The third-order valence-corrected chi connectivity index (χ3v) is 4.48. The highest BCUT2D eigenvalue weighted by molar-refractivity contribution is 7.13. The van der Waals surface area contributed by atoms with Gasteiger partial charge < -0.3 is 20.3 Å². The molecule has 1 aromatic heterocycles. The maximum Gasteiger partial charge on any atom is 0.419 e. The first-order valence-corrected chi connectivity index (χ1v) is 9.04. The van der Waals surface area contributed by atoms with Gasteiger partial charge in [-0.15, -0.1) is 11.3 Å². The summed E-state index contributed by atoms with van der Waals surface area (Å²) in [6.07, 6.45) is -4.44. The second kappa shape index (κ2) is 9.45. The van der Waals surface area contributed by atoms with Crippen molar-refractivity contribution in [2.24, 2.45) is 4.99 Å². The molecular formula is C17H22F3N5OS. The van der Waals surface area contributed by atoms with Gasteiger partial charge in [-0.2, -0.15) is 13.2 Å². The van der Waals surface area contributed by atoms with Crippen molar-refractivity contribution in [3.8, 4) is 5.75 Å². The van der Waals surface area contributed by atoms with E-state index in [0.717, 1.165) is 16.9 Å². The first kappa shape index (κ1) is 20.8. The number of alkyl halides is 3. The maximum atomic E-state index is 12.9. The number of ether oxygens (including phenoxy) is 1. The SMILES string of the molecule is CN=C(NCCOc1ccccc1C(F)(F)F)NCc1csc(N(C)C)n1. The Morgan fingerprint density at radius 2 is 2.00 bits per heavy atom. The van der Waals surface area contributed by atoms with Crippen molar-refractivity contribution in [1.82, 2.24) is 15.6 Å². The molecule has 27 heavy (non-hydrogen) atoms. The molecular weight excluding hydrogens is 379 g/mol. The quantitative estimate of drug-likeness (QED) is 0.424. The number of rotatable bonds is 7. The number of anilines is 1. The molecule has 0 spiro atoms. The lowest BCUT2D eigenvalue weighted by atomic mass is 10.2. The number of hydrogen-bond donors (Lipinski definition) is 2. The minimum atomic E-state index is -4.44. The molecule has 6 nitrogen and oxygen atoms in total. The van der Waals surface area contributed by atoms with Crippen molar-refractivity contribution in [2.45, 2.75) is 12.7 Å². The predicted molar refractivity (Wildman–Crippen MR) is 102 cm³/mol. The standard InChI is InChI=1S/C17H22F3N5OS/c1-21-15(23-10-12-11-27-16(24-12)25(2)3)22-8-9-26-14-7-5-4-6-13(14)17(18,19)20/h4-7,11H,8-10H2,1-3H3,(H2,21,22,23). The van der Waals surface area contributed by atoms with Crippen LogP contribution in [0.3, 0.4) is 0 Å². The van der Waals surface area contributed by atoms with Crippen LogP contribution in [0.1, 0.15) is 11.3 Å². The Morgan fingerprint density at radius 1 is 1.26 bits per heavy atom. The lowest BCUT2D eigenvalue weighted by molar-refractivity contribution is -0.138. The Bertz CT molecular complexity index is 761. The fourth-order valence-corrected chi connectivity index (χ4v) is 2.89. The molecule has 0 atom stereocenters. The van der Waals surface area contributed by atoms with Gasteiger partial charge >= 0.3 is 6.18 Å². The zero-order chi connectivity index (χ0) is 19.9. The monoisotopic (exact) mass is 401 g/mol. The van der Waals surface area contributed by atoms with E-state index in [0.29, 0.717) is 19.0 Å². The van der Waals surface area contributed by atoms with Crippen molar-refractivity contribution < 1.29 is 17.9 Å². The van der Waals surface area contributed by atoms with E-state index in [-0.39, 0.29) is 12.4 Å². The highest BCUT2D eigenvalue weighted by atomic mass is 32.1. The largest absolute Gasteiger partial charge is 0.491 e. The first-order chi connectivity index (χ1) is 12.8. The first-order valence-electron chi connectivity index (χ1n) is 8.16. The summed E-state index contributed by atoms with van der Waals surface area (Å²) in [6, 6.07) is 5.15. The highest BCUT2D eigenvalue weighted by Crippen LogP contribution is 2.35. The number of hydrogen-bond acceptors (Lipinski definition) is 5. The summed E-state index contributed by atoms with van der Waals surface area (Å²) < 4.78 is 44.0. The van der Waals surface area contributed by atoms with E-state index in [9.17, 15) is 13.2 Å². The molecule has 0 aliphatic carbocycles. The second-order valence-corrected chi connectivity index (χ2v) is 6.55. The smallest absolute Gasteiger partial charge is 0.419 e. The average Bonchev–Trinajstić information content (AvgIpc) is 3.10. The molecule has 1 heterocycles. The number of guanidine groups is 1. The number of thiazole rings is 1. The van der Waals surface area contributed by atoms with Crippen LogP contribution in [-0.2, 0) is 12.7 Å². The van der Waals surface area contributed by atoms with Gasteiger partial charge in [0, 0.05) is 26.5 Å². The van der Waals surface area contributed by atoms with Gasteiger partial charge in [0.05, 0.1) is 24.3 Å². The Balaban J connectivity index is 1.78. The van der Waals surface area contributed by atoms with Crippen LogP contribution < -0.4 is 20.3 Å². The van der Waals surface area contributed by atoms with Crippen LogP contribution in [0.4, 0.5) is 18.3 Å². The van der Waals surface area contributed by atoms with Gasteiger partial charge in [0.25, 0.3) is 0 Å². The van der Waals surface area contributed by atoms with E-state index in [1.54, 1.807) is 18.4 Å². The van der Waals surface area contributed by atoms with E-state index in [4.69, 9.17) is 4.74 Å². The second-order valence-electron chi connectivity index (χ2n) is 5.71. The summed E-state index contributed by atoms with van der Waals surface area (Å²) in [6.45, 7) is 0.850. The number of nitrogens with one attached hydrogen (secondary N) is 2. The molecule has 2 rings (SSSR count). The van der Waals surface area contributed by atoms with Crippen LogP contribution in [-0.4, -0.2) is 45.2 Å². The van der Waals surface area contributed by atoms with Gasteiger partial charge in [-0.05, 0) is 12.1 Å². The molecule has 0 bridgehead atoms. The number of benzene rings is 1. The number of para-hydroxylation sites is 1. The lowest BCUT2D eigenvalue weighted by Gasteiger charge is -2.15. The van der Waals surface area contributed by atoms with Crippen molar-refractivity contribution in [3.63, 3.8) is 0 Å². The molecule has 1 aromatic carbocycles. The molecule has 2 aromatic rings. The van der Waals surface area contributed by atoms with Crippen LogP contribution in [0.2, 0.25) is 0 Å². The number of halogens is 3. The van der Waals surface area contributed by atoms with Crippen molar-refractivity contribution >= 4 is 22.4 Å². The summed E-state index contributed by atoms with van der Waals surface area (Å²) in [5.41, 5.74) is 0.0924. The minimum absolute atomic E-state index is 0.0648. The fraction of sp³-hybridized carbons (Fsp3) is 0.412. The van der Waals surface area contributed by atoms with Crippen LogP contribution in [0.15, 0.2) is 34.6 Å². The molecule has 0 radical (unpaired) electrons.